The van der Waals surface area contributed by atoms with Gasteiger partial charge >= 0.3 is 5.97 Å². The highest BCUT2D eigenvalue weighted by Gasteiger charge is 2.27. The number of hydrogen-bond donors (Lipinski definition) is 1. The van der Waals surface area contributed by atoms with E-state index in [1.54, 1.807) is 18.2 Å². The van der Waals surface area contributed by atoms with Crippen LogP contribution in [0.1, 0.15) is 27.2 Å². The van der Waals surface area contributed by atoms with Crippen molar-refractivity contribution in [1.29, 1.82) is 0 Å². The van der Waals surface area contributed by atoms with Gasteiger partial charge in [-0.3, -0.25) is 4.79 Å². The van der Waals surface area contributed by atoms with Crippen molar-refractivity contribution in [2.45, 2.75) is 24.9 Å². The summed E-state index contributed by atoms with van der Waals surface area (Å²) < 4.78 is 38.2. The first kappa shape index (κ1) is 22.5. The summed E-state index contributed by atoms with van der Waals surface area (Å²) in [6.07, 6.45) is 1.45. The monoisotopic (exact) mass is 466 g/mol. The van der Waals surface area contributed by atoms with E-state index in [1.165, 1.54) is 41.9 Å². The minimum absolute atomic E-state index is 0.0189. The van der Waals surface area contributed by atoms with Crippen LogP contribution in [0.3, 0.4) is 0 Å². The summed E-state index contributed by atoms with van der Waals surface area (Å²) in [5.74, 6) is -0.137. The summed E-state index contributed by atoms with van der Waals surface area (Å²) in [5.41, 5.74) is 1.85. The maximum absolute atomic E-state index is 13.5. The van der Waals surface area contributed by atoms with E-state index in [-0.39, 0.29) is 29.1 Å². The molecule has 0 atom stereocenters. The van der Waals surface area contributed by atoms with E-state index in [9.17, 15) is 18.0 Å². The first-order valence-corrected chi connectivity index (χ1v) is 11.6. The highest BCUT2D eigenvalue weighted by Crippen LogP contribution is 2.22. The fourth-order valence-corrected chi connectivity index (χ4v) is 4.88. The molecule has 0 bridgehead atoms. The number of nitrogens with one attached hydrogen (secondary N) is 1. The van der Waals surface area contributed by atoms with Gasteiger partial charge in [0.1, 0.15) is 5.76 Å². The number of rotatable bonds is 7. The zero-order valence-corrected chi connectivity index (χ0v) is 18.9. The lowest BCUT2D eigenvalue weighted by Gasteiger charge is -2.21. The first-order valence-electron chi connectivity index (χ1n) is 10.1. The minimum atomic E-state index is -4.03. The molecule has 0 unspecified atom stereocenters. The van der Waals surface area contributed by atoms with Gasteiger partial charge in [-0.2, -0.15) is 4.31 Å². The maximum atomic E-state index is 13.5. The number of aromatic amines is 1. The molecule has 8 nitrogen and oxygen atoms in total. The number of benzene rings is 2. The van der Waals surface area contributed by atoms with E-state index in [1.807, 2.05) is 25.1 Å². The second-order valence-corrected chi connectivity index (χ2v) is 9.52. The lowest BCUT2D eigenvalue weighted by atomic mass is 10.1. The predicted octanol–water partition coefficient (Wildman–Crippen LogP) is 3.61. The Hall–Kier alpha value is -3.69. The van der Waals surface area contributed by atoms with Gasteiger partial charge in [-0.05, 0) is 66.4 Å². The maximum Gasteiger partial charge on any atom is 0.337 e. The summed E-state index contributed by atoms with van der Waals surface area (Å²) >= 11 is 0. The molecule has 4 aromatic rings. The van der Waals surface area contributed by atoms with Gasteiger partial charge in [0.25, 0.3) is 5.56 Å². The zero-order chi connectivity index (χ0) is 23.6. The summed E-state index contributed by atoms with van der Waals surface area (Å²) in [6.45, 7) is 1.69. The molecule has 0 aliphatic heterocycles. The van der Waals surface area contributed by atoms with Crippen LogP contribution in [0.5, 0.6) is 0 Å². The third kappa shape index (κ3) is 4.74. The van der Waals surface area contributed by atoms with Gasteiger partial charge < -0.3 is 14.1 Å². The van der Waals surface area contributed by atoms with E-state index < -0.39 is 16.0 Å². The van der Waals surface area contributed by atoms with Gasteiger partial charge in [0.05, 0.1) is 30.4 Å². The Morgan fingerprint density at radius 1 is 1.06 bits per heavy atom. The van der Waals surface area contributed by atoms with Gasteiger partial charge in [-0.1, -0.05) is 12.1 Å². The lowest BCUT2D eigenvalue weighted by molar-refractivity contribution is 0.0600. The number of aryl methyl sites for hydroxylation is 1. The smallest absolute Gasteiger partial charge is 0.337 e. The number of pyridine rings is 1. The van der Waals surface area contributed by atoms with Crippen molar-refractivity contribution < 1.29 is 22.4 Å². The molecule has 0 radical (unpaired) electrons. The number of aromatic nitrogens is 1. The lowest BCUT2D eigenvalue weighted by Crippen LogP contribution is -2.32. The number of H-pyrrole nitrogens is 1. The summed E-state index contributed by atoms with van der Waals surface area (Å²) in [7, 11) is -2.78. The van der Waals surface area contributed by atoms with Gasteiger partial charge in [-0.25, -0.2) is 13.2 Å². The number of sulfonamides is 1. The molecule has 33 heavy (non-hydrogen) atoms. The number of methoxy groups -OCH3 is 1. The number of esters is 1. The minimum Gasteiger partial charge on any atom is -0.468 e. The topological polar surface area (TPSA) is 110 Å². The Morgan fingerprint density at radius 2 is 1.82 bits per heavy atom. The highest BCUT2D eigenvalue weighted by molar-refractivity contribution is 7.89. The molecule has 0 aliphatic carbocycles. The van der Waals surface area contributed by atoms with Crippen LogP contribution >= 0.6 is 0 Å². The van der Waals surface area contributed by atoms with Gasteiger partial charge in [0, 0.05) is 17.6 Å². The van der Waals surface area contributed by atoms with Gasteiger partial charge in [0.15, 0.2) is 0 Å². The standard InChI is InChI=1S/C24H22N2O6S/c1-16-5-6-18-13-19(23(27)25-22(18)12-16)14-26(15-20-4-3-11-32-20)33(29,30)21-9-7-17(8-10-21)24(28)31-2/h3-13H,14-15H2,1-2H3,(H,25,27). The SMILES string of the molecule is COC(=O)c1ccc(S(=O)(=O)N(Cc2ccco2)Cc2cc3ccc(C)cc3[nH]c2=O)cc1. The van der Waals surface area contributed by atoms with E-state index in [4.69, 9.17) is 4.42 Å². The average Bonchev–Trinajstić information content (AvgIpc) is 3.32. The zero-order valence-electron chi connectivity index (χ0n) is 18.1. The summed E-state index contributed by atoms with van der Waals surface area (Å²) in [6, 6.07) is 16.1. The van der Waals surface area contributed by atoms with Crippen molar-refractivity contribution in [3.8, 4) is 0 Å². The Morgan fingerprint density at radius 3 is 2.48 bits per heavy atom. The molecule has 0 fully saturated rings. The van der Waals surface area contributed by atoms with Crippen molar-refractivity contribution >= 4 is 26.9 Å². The molecule has 0 aliphatic rings. The molecule has 0 saturated heterocycles. The number of nitrogens with zero attached hydrogens (tertiary/aromatic N) is 1. The fraction of sp³-hybridized carbons (Fsp3) is 0.167. The molecular formula is C24H22N2O6S. The number of carbonyl (C=O) groups is 1. The predicted molar refractivity (Wildman–Crippen MR) is 122 cm³/mol. The second-order valence-electron chi connectivity index (χ2n) is 7.58. The van der Waals surface area contributed by atoms with Crippen molar-refractivity contribution in [2.75, 3.05) is 7.11 Å². The average molecular weight is 467 g/mol. The van der Waals surface area contributed by atoms with E-state index in [0.717, 1.165) is 10.9 Å². The molecule has 0 spiro atoms. The molecular weight excluding hydrogens is 444 g/mol. The van der Waals surface area contributed by atoms with Gasteiger partial charge in [-0.15, -0.1) is 0 Å². The number of furan rings is 1. The molecule has 2 heterocycles. The first-order chi connectivity index (χ1) is 15.8. The van der Waals surface area contributed by atoms with Gasteiger partial charge in [0.2, 0.25) is 10.0 Å². The van der Waals surface area contributed by atoms with E-state index in [0.29, 0.717) is 16.8 Å². The summed E-state index contributed by atoms with van der Waals surface area (Å²) in [4.78, 5) is 27.3. The van der Waals surface area contributed by atoms with E-state index >= 15 is 0 Å². The van der Waals surface area contributed by atoms with Crippen LogP contribution in [0.25, 0.3) is 10.9 Å². The molecule has 1 N–H and O–H groups in total. The Labute approximate surface area is 190 Å². The third-order valence-corrected chi connectivity index (χ3v) is 7.06. The molecule has 170 valence electrons. The van der Waals surface area contributed by atoms with Crippen LogP contribution in [-0.2, 0) is 27.8 Å². The largest absolute Gasteiger partial charge is 0.468 e. The van der Waals surface area contributed by atoms with Crippen molar-refractivity contribution in [3.05, 3.63) is 99.7 Å². The normalized spacial score (nSPS) is 11.7. The third-order valence-electron chi connectivity index (χ3n) is 5.25. The summed E-state index contributed by atoms with van der Waals surface area (Å²) in [5, 5.41) is 0.799. The molecule has 9 heteroatoms. The quantitative estimate of drug-likeness (QED) is 0.417. The Bertz CT molecular complexity index is 1460. The van der Waals surface area contributed by atoms with Crippen molar-refractivity contribution in [2.24, 2.45) is 0 Å². The Balaban J connectivity index is 1.73. The number of fused-ring (bicyclic) bond motifs is 1. The van der Waals surface area contributed by atoms with Crippen molar-refractivity contribution in [3.63, 3.8) is 0 Å². The number of hydrogen-bond acceptors (Lipinski definition) is 6. The molecule has 0 amide bonds. The number of carbonyl (C=O) groups excluding carboxylic acids is 1. The van der Waals surface area contributed by atoms with Crippen LogP contribution in [0.2, 0.25) is 0 Å². The molecule has 2 aromatic carbocycles. The van der Waals surface area contributed by atoms with Crippen LogP contribution in [0.4, 0.5) is 0 Å². The number of ether oxygens (including phenoxy) is 1. The van der Waals surface area contributed by atoms with Crippen LogP contribution < -0.4 is 5.56 Å². The van der Waals surface area contributed by atoms with E-state index in [2.05, 4.69) is 9.72 Å². The van der Waals surface area contributed by atoms with Crippen molar-refractivity contribution in [1.82, 2.24) is 9.29 Å². The van der Waals surface area contributed by atoms with Crippen LogP contribution in [-0.4, -0.2) is 30.8 Å². The second kappa shape index (κ2) is 9.05. The van der Waals surface area contributed by atoms with Crippen LogP contribution in [0.15, 0.2) is 81.0 Å². The molecule has 2 aromatic heterocycles. The highest BCUT2D eigenvalue weighted by atomic mass is 32.2. The molecule has 4 rings (SSSR count). The Kier molecular flexibility index (Phi) is 6.17. The molecule has 0 saturated carbocycles. The fourth-order valence-electron chi connectivity index (χ4n) is 3.50. The van der Waals surface area contributed by atoms with Crippen LogP contribution in [0, 0.1) is 6.92 Å².